The number of rotatable bonds is 11. The molecule has 3 saturated heterocycles. The van der Waals surface area contributed by atoms with Crippen LogP contribution in [-0.2, 0) is 38.0 Å². The second-order valence-corrected chi connectivity index (χ2v) is 24.0. The molecule has 8 aliphatic rings. The molecule has 0 bridgehead atoms. The Kier molecular flexibility index (Phi) is 15.1. The van der Waals surface area contributed by atoms with E-state index >= 15 is 4.79 Å². The first-order valence-corrected chi connectivity index (χ1v) is 25.4. The molecule has 0 aromatic rings. The van der Waals surface area contributed by atoms with Gasteiger partial charge in [0.2, 0.25) is 6.29 Å². The summed E-state index contributed by atoms with van der Waals surface area (Å²) in [5.74, 6) is -0.575. The van der Waals surface area contributed by atoms with Crippen molar-refractivity contribution in [3.05, 3.63) is 11.6 Å². The smallest absolute Gasteiger partial charge is 0.317 e. The second kappa shape index (κ2) is 19.3. The Hall–Kier alpha value is -1.47. The van der Waals surface area contributed by atoms with E-state index in [2.05, 4.69) is 54.5 Å². The van der Waals surface area contributed by atoms with Crippen LogP contribution in [0.1, 0.15) is 113 Å². The van der Waals surface area contributed by atoms with Crippen LogP contribution in [0.3, 0.4) is 0 Å². The topological polar surface area (TPSA) is 304 Å². The normalized spacial score (nSPS) is 52.6. The van der Waals surface area contributed by atoms with Gasteiger partial charge in [0.1, 0.15) is 78.7 Å². The fourth-order valence-corrected chi connectivity index (χ4v) is 15.5. The van der Waals surface area contributed by atoms with Gasteiger partial charge in [-0.1, -0.05) is 60.1 Å². The lowest BCUT2D eigenvalue weighted by Gasteiger charge is -2.72. The second-order valence-electron chi connectivity index (χ2n) is 24.0. The van der Waals surface area contributed by atoms with Crippen LogP contribution in [0.15, 0.2) is 11.6 Å². The molecule has 11 N–H and O–H groups in total. The molecule has 4 saturated carbocycles. The maximum atomic E-state index is 15.1. The third-order valence-corrected chi connectivity index (χ3v) is 19.7. The highest BCUT2D eigenvalue weighted by atomic mass is 16.8. The Morgan fingerprint density at radius 1 is 0.623 bits per heavy atom. The maximum absolute atomic E-state index is 15.1. The quantitative estimate of drug-likeness (QED) is 0.0746. The van der Waals surface area contributed by atoms with Crippen molar-refractivity contribution < 1.29 is 94.1 Å². The number of hydrogen-bond donors (Lipinski definition) is 11. The van der Waals surface area contributed by atoms with Crippen molar-refractivity contribution in [1.29, 1.82) is 0 Å². The lowest BCUT2D eigenvalue weighted by Crippen LogP contribution is -2.69. The van der Waals surface area contributed by atoms with Crippen LogP contribution >= 0.6 is 0 Å². The number of aliphatic hydroxyl groups excluding tert-OH is 11. The molecular formula is C50H82O19. The van der Waals surface area contributed by atoms with Gasteiger partial charge in [-0.05, 0) is 110 Å². The van der Waals surface area contributed by atoms with E-state index in [-0.39, 0.29) is 34.0 Å². The summed E-state index contributed by atoms with van der Waals surface area (Å²) in [6.45, 7) is 16.2. The van der Waals surface area contributed by atoms with Gasteiger partial charge in [-0.15, -0.1) is 0 Å². The minimum atomic E-state index is -1.79. The summed E-state index contributed by atoms with van der Waals surface area (Å²) in [5.41, 5.74) is -1.48. The van der Waals surface area contributed by atoms with Gasteiger partial charge < -0.3 is 89.3 Å². The summed E-state index contributed by atoms with van der Waals surface area (Å²) in [7, 11) is 0. The molecule has 396 valence electrons. The van der Waals surface area contributed by atoms with Gasteiger partial charge in [-0.25, -0.2) is 0 Å². The maximum Gasteiger partial charge on any atom is 0.317 e. The zero-order valence-electron chi connectivity index (χ0n) is 41.5. The summed E-state index contributed by atoms with van der Waals surface area (Å²) in [6, 6.07) is 0. The largest absolute Gasteiger partial charge is 0.432 e. The van der Waals surface area contributed by atoms with Crippen LogP contribution in [0.5, 0.6) is 0 Å². The van der Waals surface area contributed by atoms with Crippen molar-refractivity contribution in [2.75, 3.05) is 26.4 Å². The average Bonchev–Trinajstić information content (AvgIpc) is 3.29. The molecule has 0 radical (unpaired) electrons. The number of carbonyl (C=O) groups excluding carboxylic acids is 1. The Labute approximate surface area is 405 Å². The van der Waals surface area contributed by atoms with E-state index in [1.54, 1.807) is 0 Å². The van der Waals surface area contributed by atoms with Crippen molar-refractivity contribution in [2.24, 2.45) is 50.2 Å². The first-order chi connectivity index (χ1) is 32.3. The number of ether oxygens (including phenoxy) is 7. The number of hydrogen-bond acceptors (Lipinski definition) is 19. The van der Waals surface area contributed by atoms with Crippen molar-refractivity contribution >= 4 is 5.97 Å². The SMILES string of the molecule is CCO[C@@H]1C[C@]2(C)C(=CC[C@@H]3[C@@]4(C)CC[C@H](O[C@@H]5O[C@H](CO)[C@@H](O)[C@H](O)[C@H]5O[C@@H]5O[C@H](CO)[C@@H](O)[C@H](O)[C@H]5O)C(C)(C)[C@@H]4CC[C@]32C)[C@@H]2CC(C)(C)CC[C@]12C(=O)O[C@@H]1O[C@H](CO)[C@@H](O)[C@H](O)[C@H]1O. The van der Waals surface area contributed by atoms with Crippen LogP contribution in [0.4, 0.5) is 0 Å². The van der Waals surface area contributed by atoms with Gasteiger partial charge in [0.05, 0.1) is 32.0 Å². The fraction of sp³-hybridized carbons (Fsp3) is 0.940. The highest BCUT2D eigenvalue weighted by Crippen LogP contribution is 2.76. The Morgan fingerprint density at radius 3 is 1.78 bits per heavy atom. The molecule has 7 fully saturated rings. The number of allylic oxidation sites excluding steroid dienone is 2. The number of esters is 1. The fourth-order valence-electron chi connectivity index (χ4n) is 15.5. The summed E-state index contributed by atoms with van der Waals surface area (Å²) in [6.07, 6.45) is -16.0. The molecule has 69 heavy (non-hydrogen) atoms. The molecule has 3 aliphatic heterocycles. The minimum Gasteiger partial charge on any atom is -0.432 e. The zero-order chi connectivity index (χ0) is 50.6. The third-order valence-electron chi connectivity index (χ3n) is 19.7. The molecule has 0 unspecified atom stereocenters. The van der Waals surface area contributed by atoms with Crippen LogP contribution in [0.2, 0.25) is 0 Å². The number of aliphatic hydroxyl groups is 11. The van der Waals surface area contributed by atoms with E-state index in [0.29, 0.717) is 38.7 Å². The van der Waals surface area contributed by atoms with Crippen molar-refractivity contribution in [2.45, 2.75) is 218 Å². The predicted octanol–water partition coefficient (Wildman–Crippen LogP) is 0.156. The van der Waals surface area contributed by atoms with Crippen LogP contribution in [-0.4, -0.2) is 193 Å². The monoisotopic (exact) mass is 987 g/mol. The number of fused-ring (bicyclic) bond motifs is 7. The molecule has 19 nitrogen and oxygen atoms in total. The molecule has 19 heteroatoms. The lowest BCUT2D eigenvalue weighted by molar-refractivity contribution is -0.378. The van der Waals surface area contributed by atoms with Gasteiger partial charge >= 0.3 is 5.97 Å². The highest BCUT2D eigenvalue weighted by molar-refractivity contribution is 5.80. The zero-order valence-corrected chi connectivity index (χ0v) is 41.5. The summed E-state index contributed by atoms with van der Waals surface area (Å²) in [5, 5.41) is 116. The van der Waals surface area contributed by atoms with E-state index in [0.717, 1.165) is 25.7 Å². The standard InChI is InChI=1S/C50H82O19/c1-9-63-31-19-49(8)23(24-18-45(2,3)16-17-50(24,31)44(62)69-42-39(61)36(58)33(55)26(21-52)65-42)10-11-29-47(6)14-13-30(46(4,5)28(47)12-15-48(29,49)7)67-43-40(37(59)34(56)27(22-53)66-43)68-41-38(60)35(57)32(54)25(20-51)64-41/h10,24-43,51-61H,9,11-22H2,1-8H3/t24-,25+,26+,27+,28-,29+,30-,31+,32+,33+,34+,35-,36-,37-,38+,39+,40+,41-,42-,43-,47-,48+,49+,50+/m0/s1. The summed E-state index contributed by atoms with van der Waals surface area (Å²) >= 11 is 0. The van der Waals surface area contributed by atoms with Gasteiger partial charge in [-0.3, -0.25) is 4.79 Å². The molecule has 0 aromatic heterocycles. The minimum absolute atomic E-state index is 0.116. The van der Waals surface area contributed by atoms with Gasteiger partial charge in [0.15, 0.2) is 12.6 Å². The van der Waals surface area contributed by atoms with E-state index in [1.807, 2.05) is 6.92 Å². The van der Waals surface area contributed by atoms with Gasteiger partial charge in [0.25, 0.3) is 0 Å². The molecule has 0 amide bonds. The lowest BCUT2D eigenvalue weighted by atomic mass is 9.33. The van der Waals surface area contributed by atoms with E-state index in [9.17, 15) is 56.2 Å². The molecular weight excluding hydrogens is 905 g/mol. The van der Waals surface area contributed by atoms with Gasteiger partial charge in [-0.2, -0.15) is 0 Å². The number of carbonyl (C=O) groups is 1. The Bertz CT molecular complexity index is 1860. The molecule has 8 rings (SSSR count). The van der Waals surface area contributed by atoms with Gasteiger partial charge in [0, 0.05) is 6.61 Å². The summed E-state index contributed by atoms with van der Waals surface area (Å²) in [4.78, 5) is 15.1. The first-order valence-electron chi connectivity index (χ1n) is 25.4. The van der Waals surface area contributed by atoms with Crippen LogP contribution in [0.25, 0.3) is 0 Å². The summed E-state index contributed by atoms with van der Waals surface area (Å²) < 4.78 is 43.1. The molecule has 24 atom stereocenters. The highest BCUT2D eigenvalue weighted by Gasteiger charge is 2.72. The molecule has 3 heterocycles. The van der Waals surface area contributed by atoms with Crippen molar-refractivity contribution in [3.63, 3.8) is 0 Å². The van der Waals surface area contributed by atoms with Crippen molar-refractivity contribution in [1.82, 2.24) is 0 Å². The third kappa shape index (κ3) is 8.50. The van der Waals surface area contributed by atoms with Crippen LogP contribution in [0, 0.1) is 50.2 Å². The first kappa shape index (κ1) is 53.8. The molecule has 0 spiro atoms. The van der Waals surface area contributed by atoms with Crippen molar-refractivity contribution in [3.8, 4) is 0 Å². The van der Waals surface area contributed by atoms with Crippen LogP contribution < -0.4 is 0 Å². The molecule has 0 aromatic carbocycles. The van der Waals surface area contributed by atoms with E-state index < -0.39 is 146 Å². The Morgan fingerprint density at radius 2 is 1.19 bits per heavy atom. The van der Waals surface area contributed by atoms with E-state index in [4.69, 9.17) is 33.2 Å². The molecule has 5 aliphatic carbocycles. The average molecular weight is 987 g/mol. The van der Waals surface area contributed by atoms with E-state index in [1.165, 1.54) is 5.57 Å². The predicted molar refractivity (Wildman–Crippen MR) is 241 cm³/mol. The Balaban J connectivity index is 1.08.